The fraction of sp³-hybridized carbons (Fsp3) is 0.733. The molecule has 1 fully saturated rings. The normalized spacial score (nSPS) is 24.1. The molecule has 0 radical (unpaired) electrons. The van der Waals surface area contributed by atoms with E-state index in [-0.39, 0.29) is 11.7 Å². The molecule has 110 valence electrons. The van der Waals surface area contributed by atoms with Crippen molar-refractivity contribution in [1.29, 1.82) is 0 Å². The standard InChI is InChI=1S/C15H23N3O2/c1-2-18-8-9-20-13(10-18)14-16-12-7-5-3-4-6-11(12)15(19)17-14/h13H,2-10H2,1H3,(H,16,17,19). The van der Waals surface area contributed by atoms with Crippen molar-refractivity contribution >= 4 is 0 Å². The molecular weight excluding hydrogens is 254 g/mol. The van der Waals surface area contributed by atoms with E-state index in [2.05, 4.69) is 16.8 Å². The lowest BCUT2D eigenvalue weighted by molar-refractivity contribution is -0.0328. The number of nitrogens with zero attached hydrogens (tertiary/aromatic N) is 2. The summed E-state index contributed by atoms with van der Waals surface area (Å²) >= 11 is 0. The van der Waals surface area contributed by atoms with Crippen molar-refractivity contribution in [3.8, 4) is 0 Å². The summed E-state index contributed by atoms with van der Waals surface area (Å²) in [6, 6.07) is 0. The van der Waals surface area contributed by atoms with Crippen LogP contribution in [0.4, 0.5) is 0 Å². The predicted molar refractivity (Wildman–Crippen MR) is 76.9 cm³/mol. The number of nitrogens with one attached hydrogen (secondary N) is 1. The predicted octanol–water partition coefficient (Wildman–Crippen LogP) is 1.43. The first-order chi connectivity index (χ1) is 9.78. The third-order valence-electron chi connectivity index (χ3n) is 4.36. The number of hydrogen-bond donors (Lipinski definition) is 1. The molecule has 0 aromatic carbocycles. The molecular formula is C15H23N3O2. The van der Waals surface area contributed by atoms with E-state index < -0.39 is 0 Å². The topological polar surface area (TPSA) is 58.2 Å². The number of H-pyrrole nitrogens is 1. The van der Waals surface area contributed by atoms with E-state index in [0.717, 1.165) is 56.6 Å². The van der Waals surface area contributed by atoms with Crippen LogP contribution in [0.1, 0.15) is 49.4 Å². The van der Waals surface area contributed by atoms with Gasteiger partial charge in [0.15, 0.2) is 0 Å². The number of ether oxygens (including phenoxy) is 1. The van der Waals surface area contributed by atoms with Gasteiger partial charge in [0.2, 0.25) is 0 Å². The molecule has 0 bridgehead atoms. The van der Waals surface area contributed by atoms with E-state index in [1.54, 1.807) is 0 Å². The minimum absolute atomic E-state index is 0.0455. The van der Waals surface area contributed by atoms with Crippen molar-refractivity contribution in [3.05, 3.63) is 27.4 Å². The Morgan fingerprint density at radius 2 is 2.20 bits per heavy atom. The van der Waals surface area contributed by atoms with Crippen LogP contribution in [0.3, 0.4) is 0 Å². The smallest absolute Gasteiger partial charge is 0.254 e. The average molecular weight is 277 g/mol. The van der Waals surface area contributed by atoms with Gasteiger partial charge < -0.3 is 9.72 Å². The second-order valence-electron chi connectivity index (χ2n) is 5.69. The van der Waals surface area contributed by atoms with E-state index in [0.29, 0.717) is 12.4 Å². The minimum atomic E-state index is -0.0926. The molecule has 0 amide bonds. The Bertz CT molecular complexity index is 526. The Morgan fingerprint density at radius 3 is 3.05 bits per heavy atom. The lowest BCUT2D eigenvalue weighted by atomic mass is 10.1. The van der Waals surface area contributed by atoms with Crippen LogP contribution in [0.2, 0.25) is 0 Å². The van der Waals surface area contributed by atoms with Gasteiger partial charge in [-0.05, 0) is 32.2 Å². The highest BCUT2D eigenvalue weighted by Crippen LogP contribution is 2.21. The number of aryl methyl sites for hydroxylation is 1. The van der Waals surface area contributed by atoms with Crippen molar-refractivity contribution in [2.75, 3.05) is 26.2 Å². The van der Waals surface area contributed by atoms with Gasteiger partial charge in [-0.15, -0.1) is 0 Å². The fourth-order valence-corrected chi connectivity index (χ4v) is 3.11. The summed E-state index contributed by atoms with van der Waals surface area (Å²) in [5, 5.41) is 0. The Balaban J connectivity index is 1.88. The molecule has 5 heteroatoms. The van der Waals surface area contributed by atoms with Crippen molar-refractivity contribution in [2.45, 2.75) is 45.1 Å². The molecule has 2 heterocycles. The van der Waals surface area contributed by atoms with Crippen LogP contribution < -0.4 is 5.56 Å². The molecule has 1 saturated heterocycles. The van der Waals surface area contributed by atoms with Crippen molar-refractivity contribution < 1.29 is 4.74 Å². The summed E-state index contributed by atoms with van der Waals surface area (Å²) in [6.07, 6.45) is 5.12. The Hall–Kier alpha value is -1.20. The van der Waals surface area contributed by atoms with Crippen LogP contribution in [-0.4, -0.2) is 41.1 Å². The molecule has 20 heavy (non-hydrogen) atoms. The molecule has 1 aromatic heterocycles. The number of morpholine rings is 1. The molecule has 1 atom stereocenters. The monoisotopic (exact) mass is 277 g/mol. The summed E-state index contributed by atoms with van der Waals surface area (Å²) < 4.78 is 5.80. The minimum Gasteiger partial charge on any atom is -0.368 e. The van der Waals surface area contributed by atoms with E-state index in [1.165, 1.54) is 6.42 Å². The molecule has 3 rings (SSSR count). The molecule has 1 aliphatic heterocycles. The van der Waals surface area contributed by atoms with E-state index in [9.17, 15) is 4.79 Å². The van der Waals surface area contributed by atoms with Crippen LogP contribution in [0.25, 0.3) is 0 Å². The van der Waals surface area contributed by atoms with Crippen LogP contribution in [0, 0.1) is 0 Å². The number of likely N-dealkylation sites (N-methyl/N-ethyl adjacent to an activating group) is 1. The largest absolute Gasteiger partial charge is 0.368 e. The molecule has 0 saturated carbocycles. The van der Waals surface area contributed by atoms with Gasteiger partial charge in [0.25, 0.3) is 5.56 Å². The van der Waals surface area contributed by atoms with E-state index in [1.807, 2.05) is 0 Å². The summed E-state index contributed by atoms with van der Waals surface area (Å²) in [5.74, 6) is 0.716. The maximum Gasteiger partial charge on any atom is 0.254 e. The summed E-state index contributed by atoms with van der Waals surface area (Å²) in [7, 11) is 0. The average Bonchev–Trinajstić information content (AvgIpc) is 2.73. The molecule has 2 aliphatic rings. The van der Waals surface area contributed by atoms with Gasteiger partial charge in [-0.3, -0.25) is 9.69 Å². The molecule has 1 unspecified atom stereocenters. The van der Waals surface area contributed by atoms with Gasteiger partial charge in [0, 0.05) is 18.7 Å². The summed E-state index contributed by atoms with van der Waals surface area (Å²) in [5.41, 5.74) is 1.94. The molecule has 5 nitrogen and oxygen atoms in total. The summed E-state index contributed by atoms with van der Waals surface area (Å²) in [6.45, 7) is 5.64. The van der Waals surface area contributed by atoms with Crippen LogP contribution in [0.5, 0.6) is 0 Å². The van der Waals surface area contributed by atoms with Crippen molar-refractivity contribution in [1.82, 2.24) is 14.9 Å². The first-order valence-electron chi connectivity index (χ1n) is 7.74. The van der Waals surface area contributed by atoms with Gasteiger partial charge in [-0.1, -0.05) is 13.3 Å². The van der Waals surface area contributed by atoms with Crippen LogP contribution in [-0.2, 0) is 17.6 Å². The quantitative estimate of drug-likeness (QED) is 0.831. The van der Waals surface area contributed by atoms with Crippen LogP contribution in [0.15, 0.2) is 4.79 Å². The number of rotatable bonds is 2. The summed E-state index contributed by atoms with van der Waals surface area (Å²) in [4.78, 5) is 22.3. The van der Waals surface area contributed by atoms with Gasteiger partial charge in [0.1, 0.15) is 11.9 Å². The number of hydrogen-bond acceptors (Lipinski definition) is 4. The zero-order valence-electron chi connectivity index (χ0n) is 12.2. The maximum atomic E-state index is 12.3. The zero-order chi connectivity index (χ0) is 13.9. The van der Waals surface area contributed by atoms with Gasteiger partial charge in [0.05, 0.1) is 12.3 Å². The first-order valence-corrected chi connectivity index (χ1v) is 7.74. The third-order valence-corrected chi connectivity index (χ3v) is 4.36. The fourth-order valence-electron chi connectivity index (χ4n) is 3.11. The molecule has 0 spiro atoms. The number of aromatic nitrogens is 2. The Morgan fingerprint density at radius 1 is 1.35 bits per heavy atom. The van der Waals surface area contributed by atoms with E-state index >= 15 is 0 Å². The zero-order valence-corrected chi connectivity index (χ0v) is 12.2. The van der Waals surface area contributed by atoms with Gasteiger partial charge in [-0.25, -0.2) is 4.98 Å². The maximum absolute atomic E-state index is 12.3. The third kappa shape index (κ3) is 2.79. The first kappa shape index (κ1) is 13.8. The Labute approximate surface area is 119 Å². The van der Waals surface area contributed by atoms with Crippen molar-refractivity contribution in [2.24, 2.45) is 0 Å². The van der Waals surface area contributed by atoms with Gasteiger partial charge in [-0.2, -0.15) is 0 Å². The second kappa shape index (κ2) is 6.06. The van der Waals surface area contributed by atoms with Crippen LogP contribution >= 0.6 is 0 Å². The highest BCUT2D eigenvalue weighted by Gasteiger charge is 2.24. The van der Waals surface area contributed by atoms with E-state index in [4.69, 9.17) is 9.72 Å². The number of aromatic amines is 1. The SMILES string of the molecule is CCN1CCOC(c2nc3c(c(=O)[nH]2)CCCCC3)C1. The lowest BCUT2D eigenvalue weighted by Gasteiger charge is -2.31. The lowest BCUT2D eigenvalue weighted by Crippen LogP contribution is -2.39. The second-order valence-corrected chi connectivity index (χ2v) is 5.69. The molecule has 1 aromatic rings. The highest BCUT2D eigenvalue weighted by molar-refractivity contribution is 5.20. The van der Waals surface area contributed by atoms with Gasteiger partial charge >= 0.3 is 0 Å². The Kier molecular flexibility index (Phi) is 4.17. The van der Waals surface area contributed by atoms with Crippen molar-refractivity contribution in [3.63, 3.8) is 0 Å². The highest BCUT2D eigenvalue weighted by atomic mass is 16.5. The number of fused-ring (bicyclic) bond motifs is 1. The molecule has 1 N–H and O–H groups in total. The molecule has 1 aliphatic carbocycles.